The van der Waals surface area contributed by atoms with Crippen molar-refractivity contribution in [3.05, 3.63) is 82.6 Å². The summed E-state index contributed by atoms with van der Waals surface area (Å²) in [5.41, 5.74) is 13.0. The summed E-state index contributed by atoms with van der Waals surface area (Å²) < 4.78 is 49.3. The number of halogens is 4. The molecule has 13 heteroatoms. The molecule has 0 saturated carbocycles. The van der Waals surface area contributed by atoms with Crippen molar-refractivity contribution < 1.29 is 27.8 Å². The van der Waals surface area contributed by atoms with E-state index in [4.69, 9.17) is 27.2 Å². The highest BCUT2D eigenvalue weighted by molar-refractivity contribution is 6.30. The van der Waals surface area contributed by atoms with Gasteiger partial charge in [0, 0.05) is 28.4 Å². The van der Waals surface area contributed by atoms with Crippen molar-refractivity contribution in [2.75, 3.05) is 12.3 Å². The number of aliphatic carboxylic acids is 1. The molecule has 2 aromatic carbocycles. The van der Waals surface area contributed by atoms with Gasteiger partial charge in [0.1, 0.15) is 0 Å². The lowest BCUT2D eigenvalue weighted by Gasteiger charge is -2.24. The highest BCUT2D eigenvalue weighted by Crippen LogP contribution is 2.40. The highest BCUT2D eigenvalue weighted by Gasteiger charge is 2.45. The van der Waals surface area contributed by atoms with Crippen molar-refractivity contribution in [1.82, 2.24) is 19.7 Å². The predicted molar refractivity (Wildman–Crippen MR) is 136 cm³/mol. The Hall–Kier alpha value is -4.16. The van der Waals surface area contributed by atoms with Crippen LogP contribution in [0.2, 0.25) is 5.02 Å². The van der Waals surface area contributed by atoms with Crippen molar-refractivity contribution in [2.45, 2.75) is 26.1 Å². The van der Waals surface area contributed by atoms with Crippen LogP contribution in [0.15, 0.2) is 60.8 Å². The fourth-order valence-electron chi connectivity index (χ4n) is 3.29. The van der Waals surface area contributed by atoms with Gasteiger partial charge in [-0.2, -0.15) is 23.3 Å². The molecule has 0 aliphatic heterocycles. The maximum Gasteiger partial charge on any atom is 0.429 e. The first-order valence-electron chi connectivity index (χ1n) is 11.1. The minimum Gasteiger partial charge on any atom is -0.480 e. The number of hydrogen-bond acceptors (Lipinski definition) is 7. The van der Waals surface area contributed by atoms with E-state index >= 15 is 0 Å². The molecule has 4 rings (SSSR count). The van der Waals surface area contributed by atoms with E-state index in [1.54, 1.807) is 31.3 Å². The van der Waals surface area contributed by atoms with Crippen molar-refractivity contribution >= 4 is 23.5 Å². The molecule has 2 heterocycles. The van der Waals surface area contributed by atoms with Crippen LogP contribution in [0.5, 0.6) is 5.88 Å². The lowest BCUT2D eigenvalue weighted by molar-refractivity contribution is -0.198. The van der Waals surface area contributed by atoms with Crippen LogP contribution in [-0.4, -0.2) is 43.5 Å². The van der Waals surface area contributed by atoms with E-state index in [1.165, 1.54) is 28.9 Å². The molecular weight excluding hydrogens is 525 g/mol. The van der Waals surface area contributed by atoms with Gasteiger partial charge in [0.05, 0.1) is 23.6 Å². The Labute approximate surface area is 220 Å². The third kappa shape index (κ3) is 7.43. The second kappa shape index (κ2) is 11.9. The highest BCUT2D eigenvalue weighted by atomic mass is 35.5. The van der Waals surface area contributed by atoms with Crippen LogP contribution < -0.4 is 16.2 Å². The molecule has 0 aliphatic carbocycles. The van der Waals surface area contributed by atoms with Crippen molar-refractivity contribution in [3.8, 4) is 22.8 Å². The number of nitrogen functional groups attached to an aromatic ring is 1. The van der Waals surface area contributed by atoms with Crippen LogP contribution in [0.3, 0.4) is 0 Å². The molecule has 0 fully saturated rings. The minimum absolute atomic E-state index is 0.138. The SMILES string of the molecule is Cc1ccc(-c2cc(OC(c3ccc(Cl)cc3-n3ccc(C)n3)C(F)(F)F)nc(N)n2)cc1.NCC(=O)O. The molecule has 9 nitrogen and oxygen atoms in total. The van der Waals surface area contributed by atoms with E-state index in [1.807, 2.05) is 19.1 Å². The summed E-state index contributed by atoms with van der Waals surface area (Å²) >= 11 is 6.07. The lowest BCUT2D eigenvalue weighted by Crippen LogP contribution is -2.28. The zero-order valence-corrected chi connectivity index (χ0v) is 21.0. The van der Waals surface area contributed by atoms with Gasteiger partial charge in [0.2, 0.25) is 17.9 Å². The summed E-state index contributed by atoms with van der Waals surface area (Å²) in [6.45, 7) is 3.38. The Morgan fingerprint density at radius 2 is 1.76 bits per heavy atom. The lowest BCUT2D eigenvalue weighted by atomic mass is 10.1. The summed E-state index contributed by atoms with van der Waals surface area (Å²) in [6, 6.07) is 14.3. The molecule has 0 saturated heterocycles. The average molecular weight is 549 g/mol. The number of nitrogens with zero attached hydrogens (tertiary/aromatic N) is 4. The standard InChI is InChI=1S/C23H19ClF3N5O.C2H5NO2/c1-13-3-5-15(6-4-13)18-12-20(30-22(28)29-18)33-21(23(25,26)27)17-8-7-16(24)11-19(17)32-10-9-14(2)31-32;3-1-2(4)5/h3-12,21H,1-2H3,(H2,28,29,30);1,3H2,(H,4,5). The Balaban J connectivity index is 0.000000732. The van der Waals surface area contributed by atoms with Gasteiger partial charge < -0.3 is 21.3 Å². The second-order valence-corrected chi connectivity index (χ2v) is 8.49. The number of nitrogens with two attached hydrogens (primary N) is 2. The first kappa shape index (κ1) is 28.4. The summed E-state index contributed by atoms with van der Waals surface area (Å²) in [4.78, 5) is 17.2. The van der Waals surface area contributed by atoms with Gasteiger partial charge in [-0.05, 0) is 32.0 Å². The fraction of sp³-hybridized carbons (Fsp3) is 0.200. The zero-order chi connectivity index (χ0) is 28.0. The van der Waals surface area contributed by atoms with E-state index in [9.17, 15) is 18.0 Å². The van der Waals surface area contributed by atoms with E-state index in [0.717, 1.165) is 5.56 Å². The van der Waals surface area contributed by atoms with Crippen LogP contribution >= 0.6 is 11.6 Å². The number of aryl methyl sites for hydroxylation is 2. The third-order valence-corrected chi connectivity index (χ3v) is 5.26. The van der Waals surface area contributed by atoms with Crippen LogP contribution in [0.4, 0.5) is 19.1 Å². The van der Waals surface area contributed by atoms with Gasteiger partial charge in [0.25, 0.3) is 0 Å². The topological polar surface area (TPSA) is 142 Å². The van der Waals surface area contributed by atoms with Crippen molar-refractivity contribution in [1.29, 1.82) is 0 Å². The van der Waals surface area contributed by atoms with E-state index in [2.05, 4.69) is 20.8 Å². The molecule has 38 heavy (non-hydrogen) atoms. The minimum atomic E-state index is -4.77. The monoisotopic (exact) mass is 548 g/mol. The second-order valence-electron chi connectivity index (χ2n) is 8.06. The number of carboxylic acid groups (broad SMARTS) is 1. The number of rotatable bonds is 6. The predicted octanol–water partition coefficient (Wildman–Crippen LogP) is 4.89. The average Bonchev–Trinajstić information content (AvgIpc) is 3.28. The van der Waals surface area contributed by atoms with Crippen LogP contribution in [0.25, 0.3) is 16.9 Å². The molecule has 0 amide bonds. The van der Waals surface area contributed by atoms with Gasteiger partial charge in [0.15, 0.2) is 0 Å². The Kier molecular flexibility index (Phi) is 8.92. The van der Waals surface area contributed by atoms with Crippen LogP contribution in [0, 0.1) is 13.8 Å². The molecule has 200 valence electrons. The normalized spacial score (nSPS) is 11.9. The summed E-state index contributed by atoms with van der Waals surface area (Å²) in [7, 11) is 0. The Bertz CT molecular complexity index is 1410. The third-order valence-electron chi connectivity index (χ3n) is 5.02. The number of aromatic nitrogens is 4. The van der Waals surface area contributed by atoms with E-state index in [-0.39, 0.29) is 34.6 Å². The maximum atomic E-state index is 14.2. The number of anilines is 1. The Morgan fingerprint density at radius 3 is 2.32 bits per heavy atom. The molecule has 2 aromatic heterocycles. The summed E-state index contributed by atoms with van der Waals surface area (Å²) in [5, 5.41) is 12.1. The smallest absolute Gasteiger partial charge is 0.429 e. The first-order valence-corrected chi connectivity index (χ1v) is 11.4. The molecule has 4 aromatic rings. The molecular formula is C25H24ClF3N6O3. The van der Waals surface area contributed by atoms with Crippen LogP contribution in [0.1, 0.15) is 22.9 Å². The Morgan fingerprint density at radius 1 is 1.11 bits per heavy atom. The van der Waals surface area contributed by atoms with Crippen LogP contribution in [-0.2, 0) is 4.79 Å². The van der Waals surface area contributed by atoms with Gasteiger partial charge >= 0.3 is 12.1 Å². The summed E-state index contributed by atoms with van der Waals surface area (Å²) in [6.07, 6.45) is -5.57. The van der Waals surface area contributed by atoms with E-state index < -0.39 is 18.2 Å². The fourth-order valence-corrected chi connectivity index (χ4v) is 3.46. The number of alkyl halides is 3. The molecule has 1 atom stereocenters. The van der Waals surface area contributed by atoms with Gasteiger partial charge in [-0.1, -0.05) is 47.5 Å². The maximum absolute atomic E-state index is 14.2. The van der Waals surface area contributed by atoms with Gasteiger partial charge in [-0.25, -0.2) is 9.67 Å². The molecule has 0 bridgehead atoms. The first-order chi connectivity index (χ1) is 17.9. The quantitative estimate of drug-likeness (QED) is 0.309. The van der Waals surface area contributed by atoms with E-state index in [0.29, 0.717) is 17.0 Å². The number of hydrogen-bond donors (Lipinski definition) is 3. The zero-order valence-electron chi connectivity index (χ0n) is 20.3. The summed E-state index contributed by atoms with van der Waals surface area (Å²) in [5.74, 6) is -1.48. The molecule has 5 N–H and O–H groups in total. The molecule has 1 unspecified atom stereocenters. The van der Waals surface area contributed by atoms with Crippen molar-refractivity contribution in [3.63, 3.8) is 0 Å². The molecule has 0 radical (unpaired) electrons. The number of ether oxygens (including phenoxy) is 1. The number of benzene rings is 2. The molecule has 0 aliphatic rings. The largest absolute Gasteiger partial charge is 0.480 e. The number of carbonyl (C=O) groups is 1. The van der Waals surface area contributed by atoms with Crippen molar-refractivity contribution in [2.24, 2.45) is 5.73 Å². The van der Waals surface area contributed by atoms with Gasteiger partial charge in [-0.3, -0.25) is 4.79 Å². The number of carboxylic acids is 1. The molecule has 0 spiro atoms. The van der Waals surface area contributed by atoms with Gasteiger partial charge in [-0.15, -0.1) is 0 Å².